The number of halogens is 3. The fourth-order valence-corrected chi connectivity index (χ4v) is 5.42. The molecule has 1 atom stereocenters. The molecule has 1 N–H and O–H groups in total. The van der Waals surface area contributed by atoms with E-state index >= 15 is 0 Å². The summed E-state index contributed by atoms with van der Waals surface area (Å²) in [5, 5.41) is 3.34. The van der Waals surface area contributed by atoms with E-state index in [1.165, 1.54) is 23.5 Å². The van der Waals surface area contributed by atoms with E-state index < -0.39 is 14.6 Å². The first-order chi connectivity index (χ1) is 12.6. The Morgan fingerprint density at radius 1 is 1.30 bits per heavy atom. The zero-order valence-corrected chi connectivity index (χ0v) is 19.0. The van der Waals surface area contributed by atoms with Gasteiger partial charge in [-0.1, -0.05) is 44.0 Å². The average Bonchev–Trinajstić information content (AvgIpc) is 2.94. The van der Waals surface area contributed by atoms with Crippen LogP contribution < -0.4 is 5.32 Å². The standard InChI is InChI=1S/C19H18Br2FNO3S/c1-4-26-16(24)14-13(11-5-7-12(22)8-6-11)10(2)27-15(14)23-17(25)18(3)9-19(18,20)21/h5-8H,4,9H2,1-3H3,(H,23,25). The molecule has 0 aliphatic heterocycles. The maximum absolute atomic E-state index is 13.3. The monoisotopic (exact) mass is 517 g/mol. The van der Waals surface area contributed by atoms with Crippen LogP contribution in [0, 0.1) is 18.2 Å². The van der Waals surface area contributed by atoms with Crippen LogP contribution in [0.25, 0.3) is 11.1 Å². The van der Waals surface area contributed by atoms with E-state index in [2.05, 4.69) is 37.2 Å². The molecule has 1 amide bonds. The van der Waals surface area contributed by atoms with Gasteiger partial charge in [-0.2, -0.15) is 0 Å². The number of benzene rings is 1. The van der Waals surface area contributed by atoms with Crippen LogP contribution in [0.2, 0.25) is 0 Å². The lowest BCUT2D eigenvalue weighted by molar-refractivity contribution is -0.120. The van der Waals surface area contributed by atoms with E-state index in [-0.39, 0.29) is 18.3 Å². The average molecular weight is 519 g/mol. The van der Waals surface area contributed by atoms with Crippen molar-refractivity contribution in [2.75, 3.05) is 11.9 Å². The van der Waals surface area contributed by atoms with Crippen LogP contribution in [0.5, 0.6) is 0 Å². The number of aryl methyl sites for hydroxylation is 1. The van der Waals surface area contributed by atoms with Crippen molar-refractivity contribution in [1.82, 2.24) is 0 Å². The molecule has 1 aromatic heterocycles. The molecule has 1 saturated carbocycles. The van der Waals surface area contributed by atoms with Gasteiger partial charge < -0.3 is 10.1 Å². The largest absolute Gasteiger partial charge is 0.462 e. The van der Waals surface area contributed by atoms with Crippen molar-refractivity contribution in [2.24, 2.45) is 5.41 Å². The second-order valence-corrected chi connectivity index (χ2v) is 11.6. The first-order valence-electron chi connectivity index (χ1n) is 8.36. The molecule has 1 unspecified atom stereocenters. The van der Waals surface area contributed by atoms with Crippen LogP contribution in [0.1, 0.15) is 35.5 Å². The third-order valence-corrected chi connectivity index (χ3v) is 8.01. The molecule has 1 fully saturated rings. The first kappa shape index (κ1) is 20.5. The van der Waals surface area contributed by atoms with Gasteiger partial charge in [0, 0.05) is 10.4 Å². The van der Waals surface area contributed by atoms with Crippen LogP contribution in [0.15, 0.2) is 24.3 Å². The number of hydrogen-bond acceptors (Lipinski definition) is 4. The van der Waals surface area contributed by atoms with Crippen LogP contribution >= 0.6 is 43.2 Å². The van der Waals surface area contributed by atoms with Gasteiger partial charge >= 0.3 is 5.97 Å². The van der Waals surface area contributed by atoms with Gasteiger partial charge in [0.1, 0.15) is 16.4 Å². The summed E-state index contributed by atoms with van der Waals surface area (Å²) in [4.78, 5) is 26.3. The molecule has 3 rings (SSSR count). The van der Waals surface area contributed by atoms with Crippen LogP contribution in [0.3, 0.4) is 0 Å². The summed E-state index contributed by atoms with van der Waals surface area (Å²) in [7, 11) is 0. The Balaban J connectivity index is 2.04. The number of carbonyl (C=O) groups excluding carboxylic acids is 2. The molecular weight excluding hydrogens is 501 g/mol. The number of alkyl halides is 2. The van der Waals surface area contributed by atoms with Crippen molar-refractivity contribution in [3.05, 3.63) is 40.5 Å². The van der Waals surface area contributed by atoms with Crippen molar-refractivity contribution in [3.8, 4) is 11.1 Å². The number of nitrogens with one attached hydrogen (secondary N) is 1. The van der Waals surface area contributed by atoms with E-state index in [0.29, 0.717) is 28.1 Å². The Morgan fingerprint density at radius 3 is 2.41 bits per heavy atom. The minimum absolute atomic E-state index is 0.186. The molecule has 27 heavy (non-hydrogen) atoms. The lowest BCUT2D eigenvalue weighted by Crippen LogP contribution is -2.26. The highest BCUT2D eigenvalue weighted by Gasteiger charge is 2.66. The van der Waals surface area contributed by atoms with Crippen LogP contribution in [-0.4, -0.2) is 21.7 Å². The highest BCUT2D eigenvalue weighted by molar-refractivity contribution is 9.25. The van der Waals surface area contributed by atoms with E-state index in [1.807, 2.05) is 13.8 Å². The summed E-state index contributed by atoms with van der Waals surface area (Å²) in [6.45, 7) is 5.65. The van der Waals surface area contributed by atoms with E-state index in [4.69, 9.17) is 4.74 Å². The molecule has 1 aliphatic carbocycles. The van der Waals surface area contributed by atoms with Gasteiger partial charge in [-0.25, -0.2) is 9.18 Å². The van der Waals surface area contributed by atoms with Crippen molar-refractivity contribution in [3.63, 3.8) is 0 Å². The van der Waals surface area contributed by atoms with Crippen LogP contribution in [0.4, 0.5) is 9.39 Å². The number of carbonyl (C=O) groups is 2. The molecule has 1 aliphatic rings. The Hall–Kier alpha value is -1.25. The predicted molar refractivity (Wildman–Crippen MR) is 112 cm³/mol. The molecule has 8 heteroatoms. The number of thiophene rings is 1. The number of hydrogen-bond donors (Lipinski definition) is 1. The smallest absolute Gasteiger partial charge is 0.341 e. The zero-order valence-electron chi connectivity index (χ0n) is 15.0. The van der Waals surface area contributed by atoms with Crippen molar-refractivity contribution in [2.45, 2.75) is 30.4 Å². The van der Waals surface area contributed by atoms with E-state index in [9.17, 15) is 14.0 Å². The normalized spacial score (nSPS) is 20.2. The summed E-state index contributed by atoms with van der Waals surface area (Å²) in [5.41, 5.74) is 1.03. The minimum atomic E-state index is -0.618. The van der Waals surface area contributed by atoms with E-state index in [0.717, 1.165) is 4.88 Å². The Kier molecular flexibility index (Phi) is 5.53. The third-order valence-electron chi connectivity index (χ3n) is 4.68. The molecule has 0 spiro atoms. The molecule has 1 aromatic carbocycles. The van der Waals surface area contributed by atoms with Gasteiger partial charge in [-0.15, -0.1) is 11.3 Å². The SMILES string of the molecule is CCOC(=O)c1c(NC(=O)C2(C)CC2(Br)Br)sc(C)c1-c1ccc(F)cc1. The quantitative estimate of drug-likeness (QED) is 0.397. The summed E-state index contributed by atoms with van der Waals surface area (Å²) in [6, 6.07) is 5.91. The topological polar surface area (TPSA) is 55.4 Å². The Bertz CT molecular complexity index is 910. The number of esters is 1. The molecule has 4 nitrogen and oxygen atoms in total. The highest BCUT2D eigenvalue weighted by atomic mass is 79.9. The molecule has 0 saturated heterocycles. The van der Waals surface area contributed by atoms with Crippen molar-refractivity contribution < 1.29 is 18.7 Å². The van der Waals surface area contributed by atoms with Gasteiger partial charge in [0.25, 0.3) is 0 Å². The second-order valence-electron chi connectivity index (χ2n) is 6.63. The molecule has 0 bridgehead atoms. The third kappa shape index (κ3) is 3.71. The van der Waals surface area contributed by atoms with Gasteiger partial charge in [0.05, 0.1) is 15.3 Å². The maximum Gasteiger partial charge on any atom is 0.341 e. The predicted octanol–water partition coefficient (Wildman–Crippen LogP) is 5.87. The van der Waals surface area contributed by atoms with Crippen molar-refractivity contribution in [1.29, 1.82) is 0 Å². The van der Waals surface area contributed by atoms with Gasteiger partial charge in [0.2, 0.25) is 5.91 Å². The minimum Gasteiger partial charge on any atom is -0.462 e. The zero-order chi connectivity index (χ0) is 20.0. The number of anilines is 1. The number of amides is 1. The van der Waals surface area contributed by atoms with Gasteiger partial charge in [0.15, 0.2) is 0 Å². The summed E-state index contributed by atoms with van der Waals surface area (Å²) < 4.78 is 18.1. The summed E-state index contributed by atoms with van der Waals surface area (Å²) in [5.74, 6) is -1.06. The van der Waals surface area contributed by atoms with Crippen LogP contribution in [-0.2, 0) is 9.53 Å². The second kappa shape index (κ2) is 7.29. The fraction of sp³-hybridized carbons (Fsp3) is 0.368. The molecular formula is C19H18Br2FNO3S. The number of rotatable bonds is 5. The lowest BCUT2D eigenvalue weighted by Gasteiger charge is -2.13. The molecule has 0 radical (unpaired) electrons. The molecule has 2 aromatic rings. The lowest BCUT2D eigenvalue weighted by atomic mass is 10.0. The van der Waals surface area contributed by atoms with Gasteiger partial charge in [-0.05, 0) is 44.9 Å². The fourth-order valence-electron chi connectivity index (χ4n) is 2.88. The van der Waals surface area contributed by atoms with Gasteiger partial charge in [-0.3, -0.25) is 4.79 Å². The Labute approximate surface area is 177 Å². The summed E-state index contributed by atoms with van der Waals surface area (Å²) >= 11 is 8.29. The number of ether oxygens (including phenoxy) is 1. The first-order valence-corrected chi connectivity index (χ1v) is 10.8. The Morgan fingerprint density at radius 2 is 1.89 bits per heavy atom. The summed E-state index contributed by atoms with van der Waals surface area (Å²) in [6.07, 6.45) is 0.635. The molecule has 144 valence electrons. The maximum atomic E-state index is 13.3. The van der Waals surface area contributed by atoms with Crippen molar-refractivity contribution >= 4 is 60.1 Å². The molecule has 1 heterocycles. The highest BCUT2D eigenvalue weighted by Crippen LogP contribution is 2.66. The van der Waals surface area contributed by atoms with E-state index in [1.54, 1.807) is 19.1 Å².